The van der Waals surface area contributed by atoms with E-state index in [1.54, 1.807) is 0 Å². The van der Waals surface area contributed by atoms with Gasteiger partial charge in [-0.1, -0.05) is 49.7 Å². The lowest BCUT2D eigenvalue weighted by Gasteiger charge is -2.05. The summed E-state index contributed by atoms with van der Waals surface area (Å²) in [6.07, 6.45) is 2.08. The second-order valence-corrected chi connectivity index (χ2v) is 6.75. The van der Waals surface area contributed by atoms with Gasteiger partial charge < -0.3 is 5.32 Å². The van der Waals surface area contributed by atoms with Crippen LogP contribution in [0.25, 0.3) is 21.9 Å². The Morgan fingerprint density at radius 1 is 1.11 bits per heavy atom. The van der Waals surface area contributed by atoms with Crippen molar-refractivity contribution in [1.82, 2.24) is 14.8 Å². The fourth-order valence-electron chi connectivity index (χ4n) is 3.26. The molecule has 0 radical (unpaired) electrons. The minimum atomic E-state index is -0.150. The first kappa shape index (κ1) is 17.2. The van der Waals surface area contributed by atoms with Crippen molar-refractivity contribution in [3.8, 4) is 0 Å². The van der Waals surface area contributed by atoms with Crippen molar-refractivity contribution >= 4 is 33.7 Å². The Labute approximate surface area is 158 Å². The number of benzene rings is 2. The normalized spacial score (nSPS) is 11.2. The molecule has 0 saturated heterocycles. The second-order valence-electron chi connectivity index (χ2n) is 6.75. The van der Waals surface area contributed by atoms with Crippen molar-refractivity contribution in [2.45, 2.75) is 33.2 Å². The van der Waals surface area contributed by atoms with Crippen molar-refractivity contribution < 1.29 is 4.79 Å². The predicted molar refractivity (Wildman–Crippen MR) is 109 cm³/mol. The van der Waals surface area contributed by atoms with Crippen molar-refractivity contribution in [3.63, 3.8) is 0 Å². The highest BCUT2D eigenvalue weighted by Gasteiger charge is 2.17. The molecule has 0 fully saturated rings. The van der Waals surface area contributed by atoms with Gasteiger partial charge in [0.25, 0.3) is 5.91 Å². The van der Waals surface area contributed by atoms with Crippen LogP contribution in [0.1, 0.15) is 35.7 Å². The van der Waals surface area contributed by atoms with E-state index in [1.165, 1.54) is 0 Å². The molecule has 2 aromatic heterocycles. The average molecular weight is 358 g/mol. The number of anilines is 1. The number of unbranched alkanes of at least 4 members (excludes halogenated alkanes) is 1. The summed E-state index contributed by atoms with van der Waals surface area (Å²) in [4.78, 5) is 17.6. The molecule has 27 heavy (non-hydrogen) atoms. The van der Waals surface area contributed by atoms with Gasteiger partial charge in [0.15, 0.2) is 11.5 Å². The van der Waals surface area contributed by atoms with E-state index < -0.39 is 0 Å². The summed E-state index contributed by atoms with van der Waals surface area (Å²) in [5.41, 5.74) is 3.33. The number of hydrogen-bond donors (Lipinski definition) is 1. The van der Waals surface area contributed by atoms with Crippen LogP contribution in [0.15, 0.2) is 54.6 Å². The Morgan fingerprint density at radius 2 is 1.89 bits per heavy atom. The number of nitrogens with one attached hydrogen (secondary N) is 1. The Kier molecular flexibility index (Phi) is 4.59. The SMILES string of the molecule is CCCCn1nc(NC(=O)c2ccccc2C)c2cc3ccccc3nc21. The lowest BCUT2D eigenvalue weighted by molar-refractivity contribution is 0.102. The van der Waals surface area contributed by atoms with Crippen LogP contribution in [-0.4, -0.2) is 20.7 Å². The van der Waals surface area contributed by atoms with Gasteiger partial charge >= 0.3 is 0 Å². The minimum Gasteiger partial charge on any atom is -0.304 e. The van der Waals surface area contributed by atoms with Crippen molar-refractivity contribution in [1.29, 1.82) is 0 Å². The summed E-state index contributed by atoms with van der Waals surface area (Å²) in [6.45, 7) is 4.86. The number of hydrogen-bond acceptors (Lipinski definition) is 3. The van der Waals surface area contributed by atoms with Crippen LogP contribution in [0.3, 0.4) is 0 Å². The summed E-state index contributed by atoms with van der Waals surface area (Å²) < 4.78 is 1.90. The van der Waals surface area contributed by atoms with Crippen LogP contribution < -0.4 is 5.32 Å². The van der Waals surface area contributed by atoms with E-state index >= 15 is 0 Å². The van der Waals surface area contributed by atoms with Crippen molar-refractivity contribution in [2.75, 3.05) is 5.32 Å². The van der Waals surface area contributed by atoms with Gasteiger partial charge in [0.1, 0.15) is 0 Å². The number of fused-ring (bicyclic) bond motifs is 2. The standard InChI is InChI=1S/C22H22N4O/c1-3-4-13-26-21-18(14-16-10-6-8-12-19(16)23-21)20(25-26)24-22(27)17-11-7-5-9-15(17)2/h5-12,14H,3-4,13H2,1-2H3,(H,24,25,27). The third-order valence-corrected chi connectivity index (χ3v) is 4.77. The number of amides is 1. The molecular weight excluding hydrogens is 336 g/mol. The summed E-state index contributed by atoms with van der Waals surface area (Å²) in [6, 6.07) is 17.6. The van der Waals surface area contributed by atoms with E-state index in [2.05, 4.69) is 23.4 Å². The van der Waals surface area contributed by atoms with Gasteiger partial charge in [0.05, 0.1) is 10.9 Å². The quantitative estimate of drug-likeness (QED) is 0.549. The first-order valence-electron chi connectivity index (χ1n) is 9.30. The first-order valence-corrected chi connectivity index (χ1v) is 9.30. The molecule has 0 aliphatic carbocycles. The van der Waals surface area contributed by atoms with Gasteiger partial charge in [-0.2, -0.15) is 5.10 Å². The molecule has 0 spiro atoms. The van der Waals surface area contributed by atoms with Crippen LogP contribution in [0.4, 0.5) is 5.82 Å². The molecule has 5 heteroatoms. The van der Waals surface area contributed by atoms with E-state index in [1.807, 2.05) is 60.1 Å². The lowest BCUT2D eigenvalue weighted by atomic mass is 10.1. The Bertz CT molecular complexity index is 1130. The third-order valence-electron chi connectivity index (χ3n) is 4.77. The molecule has 2 heterocycles. The summed E-state index contributed by atoms with van der Waals surface area (Å²) in [5.74, 6) is 0.413. The number of nitrogens with zero attached hydrogens (tertiary/aromatic N) is 3. The molecule has 4 rings (SSSR count). The van der Waals surface area contributed by atoms with Crippen LogP contribution in [0.2, 0.25) is 0 Å². The zero-order valence-corrected chi connectivity index (χ0v) is 15.6. The minimum absolute atomic E-state index is 0.150. The largest absolute Gasteiger partial charge is 0.304 e. The number of para-hydroxylation sites is 1. The second kappa shape index (κ2) is 7.19. The van der Waals surface area contributed by atoms with E-state index in [4.69, 9.17) is 4.98 Å². The Morgan fingerprint density at radius 3 is 2.70 bits per heavy atom. The highest BCUT2D eigenvalue weighted by atomic mass is 16.1. The average Bonchev–Trinajstić information content (AvgIpc) is 3.01. The van der Waals surface area contributed by atoms with Crippen LogP contribution in [-0.2, 0) is 6.54 Å². The van der Waals surface area contributed by atoms with Crippen LogP contribution in [0.5, 0.6) is 0 Å². The van der Waals surface area contributed by atoms with Gasteiger partial charge in [-0.05, 0) is 37.1 Å². The highest BCUT2D eigenvalue weighted by molar-refractivity contribution is 6.09. The molecule has 136 valence electrons. The number of pyridine rings is 1. The Hall–Kier alpha value is -3.21. The molecule has 1 N–H and O–H groups in total. The smallest absolute Gasteiger partial charge is 0.257 e. The van der Waals surface area contributed by atoms with E-state index in [0.717, 1.165) is 46.9 Å². The fourth-order valence-corrected chi connectivity index (χ4v) is 3.26. The molecule has 5 nitrogen and oxygen atoms in total. The molecule has 0 bridgehead atoms. The van der Waals surface area contributed by atoms with Gasteiger partial charge in [0, 0.05) is 17.5 Å². The lowest BCUT2D eigenvalue weighted by Crippen LogP contribution is -2.14. The zero-order chi connectivity index (χ0) is 18.8. The molecule has 4 aromatic rings. The molecule has 0 aliphatic rings. The summed E-state index contributed by atoms with van der Waals surface area (Å²) in [5, 5.41) is 9.56. The molecule has 2 aromatic carbocycles. The molecule has 0 unspecified atom stereocenters. The molecular formula is C22H22N4O. The van der Waals surface area contributed by atoms with Crippen molar-refractivity contribution in [3.05, 3.63) is 65.7 Å². The first-order chi connectivity index (χ1) is 13.2. The molecule has 1 amide bonds. The van der Waals surface area contributed by atoms with E-state index in [-0.39, 0.29) is 5.91 Å². The van der Waals surface area contributed by atoms with Crippen LogP contribution in [0, 0.1) is 6.92 Å². The fraction of sp³-hybridized carbons (Fsp3) is 0.227. The molecule has 0 aliphatic heterocycles. The zero-order valence-electron chi connectivity index (χ0n) is 15.6. The number of aromatic nitrogens is 3. The van der Waals surface area contributed by atoms with Gasteiger partial charge in [-0.15, -0.1) is 0 Å². The maximum atomic E-state index is 12.8. The maximum Gasteiger partial charge on any atom is 0.257 e. The number of carbonyl (C=O) groups excluding carboxylic acids is 1. The number of rotatable bonds is 5. The van der Waals surface area contributed by atoms with E-state index in [0.29, 0.717) is 11.4 Å². The highest BCUT2D eigenvalue weighted by Crippen LogP contribution is 2.26. The number of aryl methyl sites for hydroxylation is 2. The maximum absolute atomic E-state index is 12.8. The van der Waals surface area contributed by atoms with E-state index in [9.17, 15) is 4.79 Å². The molecule has 0 saturated carbocycles. The van der Waals surface area contributed by atoms with Crippen molar-refractivity contribution in [2.24, 2.45) is 0 Å². The summed E-state index contributed by atoms with van der Waals surface area (Å²) in [7, 11) is 0. The van der Waals surface area contributed by atoms with Gasteiger partial charge in [-0.25, -0.2) is 9.67 Å². The monoisotopic (exact) mass is 358 g/mol. The predicted octanol–water partition coefficient (Wildman–Crippen LogP) is 4.95. The third kappa shape index (κ3) is 3.28. The van der Waals surface area contributed by atoms with Gasteiger partial charge in [0.2, 0.25) is 0 Å². The summed E-state index contributed by atoms with van der Waals surface area (Å²) >= 11 is 0. The molecule has 0 atom stereocenters. The van der Waals surface area contributed by atoms with Crippen LogP contribution >= 0.6 is 0 Å². The van der Waals surface area contributed by atoms with Gasteiger partial charge in [-0.3, -0.25) is 4.79 Å². The Balaban J connectivity index is 1.80. The number of carbonyl (C=O) groups is 1. The topological polar surface area (TPSA) is 59.8 Å².